The molecule has 3 atom stereocenters. The zero-order valence-corrected chi connectivity index (χ0v) is 15.7. The van der Waals surface area contributed by atoms with E-state index in [1.807, 2.05) is 30.6 Å². The lowest BCUT2D eigenvalue weighted by Gasteiger charge is -2.10. The van der Waals surface area contributed by atoms with Crippen molar-refractivity contribution in [2.75, 3.05) is 13.7 Å². The number of rotatable bonds is 6. The van der Waals surface area contributed by atoms with Crippen molar-refractivity contribution in [2.45, 2.75) is 19.8 Å². The van der Waals surface area contributed by atoms with Crippen LogP contribution >= 0.6 is 11.5 Å². The Morgan fingerprint density at radius 2 is 2.04 bits per heavy atom. The van der Waals surface area contributed by atoms with Crippen LogP contribution in [0.3, 0.4) is 0 Å². The van der Waals surface area contributed by atoms with Crippen LogP contribution in [0.1, 0.15) is 24.4 Å². The second-order valence-electron chi connectivity index (χ2n) is 6.53. The lowest BCUT2D eigenvalue weighted by atomic mass is 10.2. The van der Waals surface area contributed by atoms with Crippen LogP contribution in [-0.4, -0.2) is 33.0 Å². The van der Waals surface area contributed by atoms with E-state index < -0.39 is 0 Å². The Bertz CT molecular complexity index is 883. The number of aromatic nitrogens is 4. The summed E-state index contributed by atoms with van der Waals surface area (Å²) >= 11 is 1.41. The number of pyridine rings is 1. The van der Waals surface area contributed by atoms with Gasteiger partial charge in [-0.15, -0.1) is 0 Å². The molecule has 6 nitrogen and oxygen atoms in total. The smallest absolute Gasteiger partial charge is 0.224 e. The molecule has 1 aliphatic rings. The highest BCUT2D eigenvalue weighted by molar-refractivity contribution is 7.03. The molecule has 3 aromatic heterocycles. The SMILES string of the molecule is COc1ccc(C2C(C)C2COc2nc(C)ncc2-c2cnsc2)nc1. The summed E-state index contributed by atoms with van der Waals surface area (Å²) in [7, 11) is 1.65. The molecular formula is C19H20N4O2S. The van der Waals surface area contributed by atoms with E-state index in [-0.39, 0.29) is 0 Å². The Labute approximate surface area is 156 Å². The average Bonchev–Trinajstić information content (AvgIpc) is 3.05. The summed E-state index contributed by atoms with van der Waals surface area (Å²) in [4.78, 5) is 13.3. The first-order valence-electron chi connectivity index (χ1n) is 8.53. The summed E-state index contributed by atoms with van der Waals surface area (Å²) in [5.41, 5.74) is 2.96. The largest absolute Gasteiger partial charge is 0.495 e. The topological polar surface area (TPSA) is 70.0 Å². The number of hydrogen-bond donors (Lipinski definition) is 0. The first-order chi connectivity index (χ1) is 12.7. The molecule has 0 radical (unpaired) electrons. The van der Waals surface area contributed by atoms with E-state index >= 15 is 0 Å². The van der Waals surface area contributed by atoms with Crippen molar-refractivity contribution in [1.82, 2.24) is 19.3 Å². The highest BCUT2D eigenvalue weighted by Crippen LogP contribution is 2.53. The standard InChI is InChI=1S/C19H20N4O2S/c1-11-16(18(11)17-5-4-14(24-3)7-21-17)9-25-19-15(8-20-12(2)23-19)13-6-22-26-10-13/h4-8,10-11,16,18H,9H2,1-3H3. The predicted octanol–water partition coefficient (Wildman–Crippen LogP) is 3.74. The van der Waals surface area contributed by atoms with Gasteiger partial charge >= 0.3 is 0 Å². The van der Waals surface area contributed by atoms with Crippen molar-refractivity contribution >= 4 is 11.5 Å². The molecule has 0 amide bonds. The number of methoxy groups -OCH3 is 1. The van der Waals surface area contributed by atoms with Gasteiger partial charge in [0.2, 0.25) is 5.88 Å². The second kappa shape index (κ2) is 6.99. The van der Waals surface area contributed by atoms with Crippen molar-refractivity contribution in [3.05, 3.63) is 47.6 Å². The van der Waals surface area contributed by atoms with Crippen molar-refractivity contribution in [1.29, 1.82) is 0 Å². The zero-order valence-electron chi connectivity index (χ0n) is 14.9. The fraction of sp³-hybridized carbons (Fsp3) is 0.368. The van der Waals surface area contributed by atoms with Crippen LogP contribution in [0.25, 0.3) is 11.1 Å². The molecule has 1 fully saturated rings. The van der Waals surface area contributed by atoms with Crippen LogP contribution in [0, 0.1) is 18.8 Å². The molecule has 1 saturated carbocycles. The van der Waals surface area contributed by atoms with E-state index in [1.54, 1.807) is 19.5 Å². The number of nitrogens with zero attached hydrogens (tertiary/aromatic N) is 4. The third-order valence-corrected chi connectivity index (χ3v) is 5.52. The van der Waals surface area contributed by atoms with Gasteiger partial charge in [0.25, 0.3) is 0 Å². The molecule has 3 heterocycles. The molecule has 1 aliphatic carbocycles. The minimum atomic E-state index is 0.412. The molecule has 3 aromatic rings. The van der Waals surface area contributed by atoms with Crippen LogP contribution in [0.4, 0.5) is 0 Å². The van der Waals surface area contributed by atoms with Gasteiger partial charge in [-0.05, 0) is 36.5 Å². The van der Waals surface area contributed by atoms with Crippen molar-refractivity contribution in [3.63, 3.8) is 0 Å². The lowest BCUT2D eigenvalue weighted by molar-refractivity contribution is 0.280. The number of ether oxygens (including phenoxy) is 2. The van der Waals surface area contributed by atoms with Gasteiger partial charge in [-0.25, -0.2) is 9.36 Å². The van der Waals surface area contributed by atoms with Crippen LogP contribution in [-0.2, 0) is 0 Å². The van der Waals surface area contributed by atoms with Gasteiger partial charge in [-0.3, -0.25) is 4.98 Å². The average molecular weight is 368 g/mol. The Balaban J connectivity index is 1.47. The highest BCUT2D eigenvalue weighted by Gasteiger charge is 2.49. The highest BCUT2D eigenvalue weighted by atomic mass is 32.1. The van der Waals surface area contributed by atoms with Gasteiger partial charge in [-0.1, -0.05) is 6.92 Å². The summed E-state index contributed by atoms with van der Waals surface area (Å²) < 4.78 is 15.4. The Morgan fingerprint density at radius 1 is 1.15 bits per heavy atom. The fourth-order valence-corrected chi connectivity index (χ4v) is 3.81. The molecule has 0 bridgehead atoms. The molecule has 7 heteroatoms. The van der Waals surface area contributed by atoms with Gasteiger partial charge in [0, 0.05) is 40.9 Å². The molecule has 0 spiro atoms. The summed E-state index contributed by atoms with van der Waals surface area (Å²) in [5, 5.41) is 1.98. The zero-order chi connectivity index (χ0) is 18.1. The summed E-state index contributed by atoms with van der Waals surface area (Å²) in [6, 6.07) is 4.00. The van der Waals surface area contributed by atoms with Crippen LogP contribution < -0.4 is 9.47 Å². The van der Waals surface area contributed by atoms with E-state index in [0.717, 1.165) is 22.6 Å². The van der Waals surface area contributed by atoms with Gasteiger partial charge in [0.15, 0.2) is 0 Å². The predicted molar refractivity (Wildman–Crippen MR) is 99.6 cm³/mol. The molecule has 4 rings (SSSR count). The van der Waals surface area contributed by atoms with Crippen molar-refractivity contribution in [2.24, 2.45) is 11.8 Å². The molecule has 3 unspecified atom stereocenters. The summed E-state index contributed by atoms with van der Waals surface area (Å²) in [6.45, 7) is 4.71. The second-order valence-corrected chi connectivity index (χ2v) is 7.19. The Morgan fingerprint density at radius 3 is 2.73 bits per heavy atom. The Kier molecular flexibility index (Phi) is 4.55. The number of aryl methyl sites for hydroxylation is 1. The van der Waals surface area contributed by atoms with Crippen LogP contribution in [0.15, 0.2) is 36.1 Å². The van der Waals surface area contributed by atoms with Crippen molar-refractivity contribution < 1.29 is 9.47 Å². The third-order valence-electron chi connectivity index (χ3n) is 4.93. The molecule has 26 heavy (non-hydrogen) atoms. The minimum absolute atomic E-state index is 0.412. The molecule has 0 aliphatic heterocycles. The van der Waals surface area contributed by atoms with Gasteiger partial charge in [-0.2, -0.15) is 4.98 Å². The quantitative estimate of drug-likeness (QED) is 0.660. The molecular weight excluding hydrogens is 348 g/mol. The van der Waals surface area contributed by atoms with E-state index in [0.29, 0.717) is 36.1 Å². The monoisotopic (exact) mass is 368 g/mol. The summed E-state index contributed by atoms with van der Waals surface area (Å²) in [6.07, 6.45) is 5.39. The fourth-order valence-electron chi connectivity index (χ4n) is 3.27. The third kappa shape index (κ3) is 3.26. The maximum Gasteiger partial charge on any atom is 0.224 e. The summed E-state index contributed by atoms with van der Waals surface area (Å²) in [5.74, 6) is 3.47. The molecule has 0 aromatic carbocycles. The molecule has 0 N–H and O–H groups in total. The minimum Gasteiger partial charge on any atom is -0.495 e. The maximum atomic E-state index is 6.11. The Hall–Kier alpha value is -2.54. The first-order valence-corrected chi connectivity index (χ1v) is 9.37. The van der Waals surface area contributed by atoms with E-state index in [4.69, 9.17) is 9.47 Å². The maximum absolute atomic E-state index is 6.11. The van der Waals surface area contributed by atoms with Crippen LogP contribution in [0.5, 0.6) is 11.6 Å². The molecule has 0 saturated heterocycles. The normalized spacial score (nSPS) is 21.4. The number of hydrogen-bond acceptors (Lipinski definition) is 7. The lowest BCUT2D eigenvalue weighted by Crippen LogP contribution is -2.06. The van der Waals surface area contributed by atoms with E-state index in [1.165, 1.54) is 11.5 Å². The first kappa shape index (κ1) is 16.9. The van der Waals surface area contributed by atoms with E-state index in [9.17, 15) is 0 Å². The van der Waals surface area contributed by atoms with Crippen LogP contribution in [0.2, 0.25) is 0 Å². The van der Waals surface area contributed by atoms with E-state index in [2.05, 4.69) is 26.2 Å². The molecule has 134 valence electrons. The van der Waals surface area contributed by atoms with Gasteiger partial charge in [0.1, 0.15) is 11.6 Å². The van der Waals surface area contributed by atoms with Gasteiger partial charge < -0.3 is 9.47 Å². The van der Waals surface area contributed by atoms with Gasteiger partial charge in [0.05, 0.1) is 25.5 Å². The van der Waals surface area contributed by atoms with Crippen molar-refractivity contribution in [3.8, 4) is 22.8 Å².